The van der Waals surface area contributed by atoms with Gasteiger partial charge in [0.2, 0.25) is 0 Å². The average molecular weight is 224 g/mol. The summed E-state index contributed by atoms with van der Waals surface area (Å²) in [5.41, 5.74) is 0.292. The van der Waals surface area contributed by atoms with Gasteiger partial charge >= 0.3 is 0 Å². The quantitative estimate of drug-likeness (QED) is 0.794. The summed E-state index contributed by atoms with van der Waals surface area (Å²) in [4.78, 5) is 0. The van der Waals surface area contributed by atoms with Crippen molar-refractivity contribution < 1.29 is 14.2 Å². The van der Waals surface area contributed by atoms with E-state index < -0.39 is 5.60 Å². The van der Waals surface area contributed by atoms with Gasteiger partial charge in [-0.15, -0.1) is 0 Å². The minimum absolute atomic E-state index is 0.0290. The fourth-order valence-electron chi connectivity index (χ4n) is 2.31. The first-order valence-corrected chi connectivity index (χ1v) is 5.62. The van der Waals surface area contributed by atoms with E-state index in [4.69, 9.17) is 4.74 Å². The number of aryl methyl sites for hydroxylation is 1. The lowest BCUT2D eigenvalue weighted by Crippen LogP contribution is -2.38. The van der Waals surface area contributed by atoms with Crippen LogP contribution in [0.15, 0.2) is 18.2 Å². The van der Waals surface area contributed by atoms with Crippen LogP contribution in [0.2, 0.25) is 0 Å². The molecule has 2 atom stereocenters. The maximum Gasteiger partial charge on any atom is 0.129 e. The molecule has 1 aromatic carbocycles. The fraction of sp³-hybridized carbons (Fsp3) is 0.538. The molecule has 1 fully saturated rings. The molecule has 1 aliphatic rings. The van der Waals surface area contributed by atoms with Crippen molar-refractivity contribution in [2.75, 3.05) is 6.61 Å². The highest BCUT2D eigenvalue weighted by atomic mass is 19.1. The van der Waals surface area contributed by atoms with Crippen molar-refractivity contribution >= 4 is 0 Å². The van der Waals surface area contributed by atoms with Gasteiger partial charge in [0, 0.05) is 18.4 Å². The molecule has 2 unspecified atom stereocenters. The molecule has 1 aliphatic heterocycles. The van der Waals surface area contributed by atoms with Crippen LogP contribution in [-0.2, 0) is 10.3 Å². The van der Waals surface area contributed by atoms with E-state index in [1.165, 1.54) is 6.07 Å². The molecule has 0 spiro atoms. The lowest BCUT2D eigenvalue weighted by atomic mass is 9.83. The summed E-state index contributed by atoms with van der Waals surface area (Å²) in [6.07, 6.45) is 0.879. The summed E-state index contributed by atoms with van der Waals surface area (Å²) in [7, 11) is 0. The molecule has 2 nitrogen and oxygen atoms in total. The van der Waals surface area contributed by atoms with Gasteiger partial charge in [-0.05, 0) is 19.9 Å². The maximum atomic E-state index is 13.7. The third-order valence-corrected chi connectivity index (χ3v) is 3.17. The average Bonchev–Trinajstić information content (AvgIpc) is 2.21. The van der Waals surface area contributed by atoms with Crippen molar-refractivity contribution in [3.8, 4) is 0 Å². The van der Waals surface area contributed by atoms with Crippen molar-refractivity contribution in [2.24, 2.45) is 0 Å². The van der Waals surface area contributed by atoms with E-state index in [1.807, 2.05) is 13.8 Å². The molecule has 16 heavy (non-hydrogen) atoms. The monoisotopic (exact) mass is 224 g/mol. The Balaban J connectivity index is 2.37. The summed E-state index contributed by atoms with van der Waals surface area (Å²) < 4.78 is 19.1. The van der Waals surface area contributed by atoms with Gasteiger partial charge in [-0.2, -0.15) is 0 Å². The number of hydrogen-bond acceptors (Lipinski definition) is 2. The Morgan fingerprint density at radius 1 is 1.50 bits per heavy atom. The molecule has 3 heteroatoms. The van der Waals surface area contributed by atoms with Crippen LogP contribution in [0.1, 0.15) is 30.9 Å². The van der Waals surface area contributed by atoms with Gasteiger partial charge in [0.05, 0.1) is 18.3 Å². The third-order valence-electron chi connectivity index (χ3n) is 3.17. The SMILES string of the molecule is Cc1ccc(F)c(C2(O)CCOC(C)C2)c1. The summed E-state index contributed by atoms with van der Waals surface area (Å²) in [6.45, 7) is 4.28. The standard InChI is InChI=1S/C13H17FO2/c1-9-3-4-12(14)11(7-9)13(15)5-6-16-10(2)8-13/h3-4,7,10,15H,5-6,8H2,1-2H3. The van der Waals surface area contributed by atoms with E-state index in [9.17, 15) is 9.50 Å². The molecule has 0 aromatic heterocycles. The summed E-state index contributed by atoms with van der Waals surface area (Å²) in [6, 6.07) is 4.86. The number of rotatable bonds is 1. The largest absolute Gasteiger partial charge is 0.385 e. The molecule has 1 saturated heterocycles. The predicted octanol–water partition coefficient (Wildman–Crippen LogP) is 2.52. The zero-order chi connectivity index (χ0) is 11.8. The molecule has 0 radical (unpaired) electrons. The highest BCUT2D eigenvalue weighted by Gasteiger charge is 2.37. The van der Waals surface area contributed by atoms with Crippen LogP contribution >= 0.6 is 0 Å². The van der Waals surface area contributed by atoms with Crippen LogP contribution in [0.3, 0.4) is 0 Å². The third kappa shape index (κ3) is 2.11. The molecule has 2 rings (SSSR count). The van der Waals surface area contributed by atoms with E-state index in [0.29, 0.717) is 25.0 Å². The smallest absolute Gasteiger partial charge is 0.129 e. The summed E-state index contributed by atoms with van der Waals surface area (Å²) >= 11 is 0. The Morgan fingerprint density at radius 2 is 2.25 bits per heavy atom. The lowest BCUT2D eigenvalue weighted by Gasteiger charge is -2.36. The zero-order valence-corrected chi connectivity index (χ0v) is 9.66. The Hall–Kier alpha value is -0.930. The van der Waals surface area contributed by atoms with E-state index in [-0.39, 0.29) is 11.9 Å². The molecule has 1 heterocycles. The maximum absolute atomic E-state index is 13.7. The number of aliphatic hydroxyl groups is 1. The van der Waals surface area contributed by atoms with Crippen molar-refractivity contribution in [2.45, 2.75) is 38.4 Å². The van der Waals surface area contributed by atoms with Gasteiger partial charge < -0.3 is 9.84 Å². The minimum atomic E-state index is -1.08. The van der Waals surface area contributed by atoms with E-state index in [1.54, 1.807) is 12.1 Å². The molecule has 1 N–H and O–H groups in total. The highest BCUT2D eigenvalue weighted by molar-refractivity contribution is 5.29. The van der Waals surface area contributed by atoms with Crippen LogP contribution in [0.5, 0.6) is 0 Å². The molecular weight excluding hydrogens is 207 g/mol. The predicted molar refractivity (Wildman–Crippen MR) is 59.7 cm³/mol. The Bertz CT molecular complexity index is 392. The van der Waals surface area contributed by atoms with Crippen LogP contribution in [-0.4, -0.2) is 17.8 Å². The molecule has 88 valence electrons. The van der Waals surface area contributed by atoms with E-state index >= 15 is 0 Å². The zero-order valence-electron chi connectivity index (χ0n) is 9.66. The second kappa shape index (κ2) is 4.15. The first-order chi connectivity index (χ1) is 7.51. The summed E-state index contributed by atoms with van der Waals surface area (Å²) in [5, 5.41) is 10.5. The molecule has 0 saturated carbocycles. The number of hydrogen-bond donors (Lipinski definition) is 1. The van der Waals surface area contributed by atoms with E-state index in [2.05, 4.69) is 0 Å². The van der Waals surface area contributed by atoms with E-state index in [0.717, 1.165) is 5.56 Å². The summed E-state index contributed by atoms with van der Waals surface area (Å²) in [5.74, 6) is -0.331. The Labute approximate surface area is 95.1 Å². The normalized spacial score (nSPS) is 30.4. The Kier molecular flexibility index (Phi) is 3.00. The van der Waals surface area contributed by atoms with Crippen molar-refractivity contribution in [1.29, 1.82) is 0 Å². The molecule has 1 aromatic rings. The lowest BCUT2D eigenvalue weighted by molar-refractivity contribution is -0.103. The highest BCUT2D eigenvalue weighted by Crippen LogP contribution is 2.36. The first kappa shape index (κ1) is 11.6. The van der Waals surface area contributed by atoms with Gasteiger partial charge in [-0.25, -0.2) is 4.39 Å². The van der Waals surface area contributed by atoms with Gasteiger partial charge in [0.15, 0.2) is 0 Å². The van der Waals surface area contributed by atoms with Crippen LogP contribution in [0.4, 0.5) is 4.39 Å². The van der Waals surface area contributed by atoms with Crippen molar-refractivity contribution in [3.63, 3.8) is 0 Å². The van der Waals surface area contributed by atoms with Gasteiger partial charge in [-0.1, -0.05) is 17.7 Å². The van der Waals surface area contributed by atoms with Crippen LogP contribution in [0.25, 0.3) is 0 Å². The van der Waals surface area contributed by atoms with Gasteiger partial charge in [0.1, 0.15) is 5.82 Å². The molecule has 0 amide bonds. The second-order valence-corrected chi connectivity index (χ2v) is 4.65. The minimum Gasteiger partial charge on any atom is -0.385 e. The van der Waals surface area contributed by atoms with Crippen LogP contribution < -0.4 is 0 Å². The molecular formula is C13H17FO2. The second-order valence-electron chi connectivity index (χ2n) is 4.65. The topological polar surface area (TPSA) is 29.5 Å². The molecule has 0 bridgehead atoms. The van der Waals surface area contributed by atoms with Crippen LogP contribution in [0, 0.1) is 12.7 Å². The molecule has 0 aliphatic carbocycles. The first-order valence-electron chi connectivity index (χ1n) is 5.62. The number of halogens is 1. The Morgan fingerprint density at radius 3 is 2.94 bits per heavy atom. The number of ether oxygens (including phenoxy) is 1. The van der Waals surface area contributed by atoms with Gasteiger partial charge in [-0.3, -0.25) is 0 Å². The fourth-order valence-corrected chi connectivity index (χ4v) is 2.31. The van der Waals surface area contributed by atoms with Gasteiger partial charge in [0.25, 0.3) is 0 Å². The number of benzene rings is 1. The van der Waals surface area contributed by atoms with Crippen molar-refractivity contribution in [1.82, 2.24) is 0 Å². The van der Waals surface area contributed by atoms with Crippen molar-refractivity contribution in [3.05, 3.63) is 35.1 Å².